The van der Waals surface area contributed by atoms with Gasteiger partial charge >= 0.3 is 0 Å². The second-order valence-electron chi connectivity index (χ2n) is 6.31. The molecule has 0 unspecified atom stereocenters. The van der Waals surface area contributed by atoms with Crippen LogP contribution in [0.25, 0.3) is 6.08 Å². The van der Waals surface area contributed by atoms with E-state index in [4.69, 9.17) is 0 Å². The number of carbonyl (C=O) groups is 1. The van der Waals surface area contributed by atoms with Crippen LogP contribution in [0.5, 0.6) is 0 Å². The summed E-state index contributed by atoms with van der Waals surface area (Å²) in [4.78, 5) is 27.4. The normalized spacial score (nSPS) is 15.6. The average Bonchev–Trinajstić information content (AvgIpc) is 2.65. The first kappa shape index (κ1) is 17.2. The molecule has 0 aliphatic carbocycles. The third kappa shape index (κ3) is 4.90. The van der Waals surface area contributed by atoms with Gasteiger partial charge < -0.3 is 14.4 Å². The van der Waals surface area contributed by atoms with Crippen molar-refractivity contribution < 1.29 is 9.69 Å². The Bertz CT molecular complexity index is 775. The Labute approximate surface area is 147 Å². The largest absolute Gasteiger partial charge is 0.330 e. The minimum atomic E-state index is -0.133. The lowest BCUT2D eigenvalue weighted by atomic mass is 10.2. The number of rotatable bonds is 5. The summed E-state index contributed by atoms with van der Waals surface area (Å²) in [7, 11) is 0. The molecule has 1 saturated heterocycles. The van der Waals surface area contributed by atoms with Crippen molar-refractivity contribution in [2.45, 2.75) is 6.54 Å². The minimum Gasteiger partial charge on any atom is -0.330 e. The van der Waals surface area contributed by atoms with Crippen molar-refractivity contribution in [1.82, 2.24) is 9.47 Å². The number of nitrogens with one attached hydrogen (secondary N) is 1. The lowest BCUT2D eigenvalue weighted by Crippen LogP contribution is -3.14. The average molecular weight is 338 g/mol. The number of nitrogens with zero attached hydrogens (tertiary/aromatic N) is 2. The highest BCUT2D eigenvalue weighted by atomic mass is 16.2. The summed E-state index contributed by atoms with van der Waals surface area (Å²) in [6.45, 7) is 4.46. The van der Waals surface area contributed by atoms with Crippen molar-refractivity contribution in [3.63, 3.8) is 0 Å². The molecule has 25 heavy (non-hydrogen) atoms. The van der Waals surface area contributed by atoms with Crippen LogP contribution in [0, 0.1) is 0 Å². The molecule has 1 fully saturated rings. The Balaban J connectivity index is 1.45. The van der Waals surface area contributed by atoms with E-state index >= 15 is 0 Å². The van der Waals surface area contributed by atoms with E-state index in [2.05, 4.69) is 24.3 Å². The van der Waals surface area contributed by atoms with Crippen LogP contribution in [0.15, 0.2) is 65.6 Å². The fourth-order valence-electron chi connectivity index (χ4n) is 3.04. The summed E-state index contributed by atoms with van der Waals surface area (Å²) in [6.07, 6.45) is 6.01. The van der Waals surface area contributed by atoms with Gasteiger partial charge in [-0.1, -0.05) is 42.5 Å². The number of amides is 1. The first-order valence-corrected chi connectivity index (χ1v) is 8.71. The van der Waals surface area contributed by atoms with Gasteiger partial charge in [0.15, 0.2) is 0 Å². The van der Waals surface area contributed by atoms with Crippen LogP contribution in [0.2, 0.25) is 0 Å². The van der Waals surface area contributed by atoms with Gasteiger partial charge in [0, 0.05) is 12.3 Å². The van der Waals surface area contributed by atoms with Gasteiger partial charge in [0.25, 0.3) is 5.56 Å². The second-order valence-corrected chi connectivity index (χ2v) is 6.31. The molecule has 0 saturated carbocycles. The first-order valence-electron chi connectivity index (χ1n) is 8.71. The molecular weight excluding hydrogens is 314 g/mol. The number of benzene rings is 1. The van der Waals surface area contributed by atoms with Crippen molar-refractivity contribution in [2.24, 2.45) is 0 Å². The number of hydrogen-bond donors (Lipinski definition) is 1. The van der Waals surface area contributed by atoms with Crippen LogP contribution in [0.1, 0.15) is 5.56 Å². The molecule has 0 bridgehead atoms. The standard InChI is InChI=1S/C20H23N3O2/c24-19-10-4-5-12-23(19)17-20(25)22-15-13-21(14-16-22)11-6-9-18-7-2-1-3-8-18/h1-10,12H,11,13-17H2/p+1/b9-6+. The van der Waals surface area contributed by atoms with Gasteiger partial charge in [-0.2, -0.15) is 0 Å². The van der Waals surface area contributed by atoms with Gasteiger partial charge in [0.05, 0.1) is 32.7 Å². The van der Waals surface area contributed by atoms with Gasteiger partial charge in [-0.25, -0.2) is 0 Å². The zero-order chi connectivity index (χ0) is 17.5. The maximum atomic E-state index is 12.4. The maximum Gasteiger partial charge on any atom is 0.250 e. The molecule has 130 valence electrons. The van der Waals surface area contributed by atoms with Crippen LogP contribution in [0.4, 0.5) is 0 Å². The molecule has 5 heteroatoms. The number of carbonyl (C=O) groups excluding carboxylic acids is 1. The van der Waals surface area contributed by atoms with E-state index in [1.807, 2.05) is 23.1 Å². The molecule has 1 amide bonds. The molecule has 0 radical (unpaired) electrons. The molecule has 1 aliphatic heterocycles. The molecule has 2 heterocycles. The van der Waals surface area contributed by atoms with Crippen molar-refractivity contribution in [1.29, 1.82) is 0 Å². The Morgan fingerprint density at radius 2 is 1.76 bits per heavy atom. The third-order valence-corrected chi connectivity index (χ3v) is 4.54. The van der Waals surface area contributed by atoms with Crippen LogP contribution in [-0.4, -0.2) is 48.1 Å². The Morgan fingerprint density at radius 3 is 2.48 bits per heavy atom. The molecule has 0 spiro atoms. The van der Waals surface area contributed by atoms with Gasteiger partial charge in [-0.15, -0.1) is 0 Å². The van der Waals surface area contributed by atoms with Gasteiger partial charge in [0.1, 0.15) is 6.54 Å². The summed E-state index contributed by atoms with van der Waals surface area (Å²) in [5.74, 6) is 0.0205. The monoisotopic (exact) mass is 338 g/mol. The van der Waals surface area contributed by atoms with Crippen LogP contribution < -0.4 is 10.5 Å². The van der Waals surface area contributed by atoms with E-state index in [0.717, 1.165) is 32.7 Å². The Hall–Kier alpha value is -2.66. The molecular formula is C20H24N3O2+. The van der Waals surface area contributed by atoms with Gasteiger partial charge in [-0.05, 0) is 17.7 Å². The Morgan fingerprint density at radius 1 is 1.04 bits per heavy atom. The number of pyridine rings is 1. The van der Waals surface area contributed by atoms with Crippen molar-refractivity contribution >= 4 is 12.0 Å². The van der Waals surface area contributed by atoms with Gasteiger partial charge in [-0.3, -0.25) is 9.59 Å². The van der Waals surface area contributed by atoms with Crippen molar-refractivity contribution in [3.05, 3.63) is 76.7 Å². The predicted molar refractivity (Wildman–Crippen MR) is 98.3 cm³/mol. The SMILES string of the molecule is O=C(Cn1ccccc1=O)N1CC[NH+](C/C=C/c2ccccc2)CC1. The van der Waals surface area contributed by atoms with E-state index in [1.54, 1.807) is 18.3 Å². The molecule has 5 nitrogen and oxygen atoms in total. The zero-order valence-corrected chi connectivity index (χ0v) is 14.3. The first-order chi connectivity index (χ1) is 12.2. The molecule has 0 atom stereocenters. The smallest absolute Gasteiger partial charge is 0.250 e. The highest BCUT2D eigenvalue weighted by Gasteiger charge is 2.23. The fraction of sp³-hybridized carbons (Fsp3) is 0.300. The third-order valence-electron chi connectivity index (χ3n) is 4.54. The van der Waals surface area contributed by atoms with E-state index in [9.17, 15) is 9.59 Å². The molecule has 1 N–H and O–H groups in total. The van der Waals surface area contributed by atoms with Crippen LogP contribution in [-0.2, 0) is 11.3 Å². The molecule has 1 aromatic carbocycles. The highest BCUT2D eigenvalue weighted by molar-refractivity contribution is 5.76. The van der Waals surface area contributed by atoms with Crippen molar-refractivity contribution in [2.75, 3.05) is 32.7 Å². The number of aromatic nitrogens is 1. The van der Waals surface area contributed by atoms with E-state index in [1.165, 1.54) is 21.1 Å². The summed E-state index contributed by atoms with van der Waals surface area (Å²) in [5, 5.41) is 0. The quantitative estimate of drug-likeness (QED) is 0.852. The fourth-order valence-corrected chi connectivity index (χ4v) is 3.04. The lowest BCUT2D eigenvalue weighted by Gasteiger charge is -2.31. The summed E-state index contributed by atoms with van der Waals surface area (Å²) < 4.78 is 1.46. The number of quaternary nitrogens is 1. The zero-order valence-electron chi connectivity index (χ0n) is 14.3. The van der Waals surface area contributed by atoms with E-state index < -0.39 is 0 Å². The second kappa shape index (κ2) is 8.44. The number of hydrogen-bond acceptors (Lipinski definition) is 2. The topological polar surface area (TPSA) is 46.8 Å². The van der Waals surface area contributed by atoms with Gasteiger partial charge in [0.2, 0.25) is 5.91 Å². The lowest BCUT2D eigenvalue weighted by molar-refractivity contribution is -0.898. The summed E-state index contributed by atoms with van der Waals surface area (Å²) in [5.41, 5.74) is 1.08. The molecule has 3 rings (SSSR count). The maximum absolute atomic E-state index is 12.4. The van der Waals surface area contributed by atoms with Crippen molar-refractivity contribution in [3.8, 4) is 0 Å². The Kier molecular flexibility index (Phi) is 5.80. The summed E-state index contributed by atoms with van der Waals surface area (Å²) >= 11 is 0. The predicted octanol–water partition coefficient (Wildman–Crippen LogP) is 0.289. The molecule has 1 aliphatic rings. The minimum absolute atomic E-state index is 0.0205. The highest BCUT2D eigenvalue weighted by Crippen LogP contribution is 2.00. The molecule has 2 aromatic rings. The van der Waals surface area contributed by atoms with E-state index in [-0.39, 0.29) is 18.0 Å². The van der Waals surface area contributed by atoms with Crippen LogP contribution in [0.3, 0.4) is 0 Å². The summed E-state index contributed by atoms with van der Waals surface area (Å²) in [6, 6.07) is 15.2. The molecule has 1 aromatic heterocycles. The van der Waals surface area contributed by atoms with Crippen LogP contribution >= 0.6 is 0 Å². The number of piperazine rings is 1. The van der Waals surface area contributed by atoms with E-state index in [0.29, 0.717) is 0 Å².